The molecule has 0 unspecified atom stereocenters. The maximum absolute atomic E-state index is 12.9. The van der Waals surface area contributed by atoms with E-state index in [4.69, 9.17) is 10.5 Å². The summed E-state index contributed by atoms with van der Waals surface area (Å²) >= 11 is 0. The molecule has 1 aliphatic rings. The van der Waals surface area contributed by atoms with E-state index in [0.29, 0.717) is 49.8 Å². The topological polar surface area (TPSA) is 149 Å². The molecular formula is C22H26N6O5S. The highest BCUT2D eigenvalue weighted by Gasteiger charge is 2.26. The van der Waals surface area contributed by atoms with Crippen LogP contribution in [-0.4, -0.2) is 65.4 Å². The average molecular weight is 487 g/mol. The second-order valence-electron chi connectivity index (χ2n) is 8.01. The summed E-state index contributed by atoms with van der Waals surface area (Å²) in [6.07, 6.45) is 1.93. The standard InChI is InChI=1S/C22H26N6O5S/c1-14-18(15(2)28-22(25-14)19(13-24-28)21(23)30)6-7-20(29)26-16-4-3-5-17(12-16)34(31,32)27-8-10-33-11-9-27/h3-5,12-13H,6-11H2,1-2H3,(H2,23,30)(H,26,29). The number of morpholine rings is 1. The van der Waals surface area contributed by atoms with E-state index in [0.717, 1.165) is 11.3 Å². The van der Waals surface area contributed by atoms with Gasteiger partial charge in [0.2, 0.25) is 15.9 Å². The summed E-state index contributed by atoms with van der Waals surface area (Å²) < 4.78 is 33.9. The Morgan fingerprint density at radius 1 is 1.21 bits per heavy atom. The van der Waals surface area contributed by atoms with Crippen LogP contribution in [0.15, 0.2) is 35.4 Å². The summed E-state index contributed by atoms with van der Waals surface area (Å²) in [5.41, 5.74) is 8.69. The first-order valence-corrected chi connectivity index (χ1v) is 12.2. The van der Waals surface area contributed by atoms with Crippen LogP contribution in [0.25, 0.3) is 5.65 Å². The normalized spacial score (nSPS) is 14.9. The molecule has 0 bridgehead atoms. The molecule has 4 rings (SSSR count). The first-order chi connectivity index (χ1) is 16.2. The largest absolute Gasteiger partial charge is 0.379 e. The van der Waals surface area contributed by atoms with E-state index in [1.807, 2.05) is 6.92 Å². The van der Waals surface area contributed by atoms with Crippen LogP contribution in [0.1, 0.15) is 33.7 Å². The predicted octanol–water partition coefficient (Wildman–Crippen LogP) is 1.04. The number of benzene rings is 1. The van der Waals surface area contributed by atoms with E-state index in [2.05, 4.69) is 15.4 Å². The second kappa shape index (κ2) is 9.49. The number of ether oxygens (including phenoxy) is 1. The van der Waals surface area contributed by atoms with Gasteiger partial charge in [-0.15, -0.1) is 0 Å². The monoisotopic (exact) mass is 486 g/mol. The minimum absolute atomic E-state index is 0.123. The number of aryl methyl sites for hydroxylation is 2. The zero-order valence-corrected chi connectivity index (χ0v) is 19.8. The number of aromatic nitrogens is 3. The number of anilines is 1. The van der Waals surface area contributed by atoms with Gasteiger partial charge in [0.25, 0.3) is 5.91 Å². The minimum Gasteiger partial charge on any atom is -0.379 e. The van der Waals surface area contributed by atoms with Gasteiger partial charge in [-0.3, -0.25) is 9.59 Å². The lowest BCUT2D eigenvalue weighted by Crippen LogP contribution is -2.40. The number of primary amides is 1. The summed E-state index contributed by atoms with van der Waals surface area (Å²) in [4.78, 5) is 28.8. The van der Waals surface area contributed by atoms with Gasteiger partial charge in [0.15, 0.2) is 5.65 Å². The number of carbonyl (C=O) groups is 2. The Bertz CT molecular complexity index is 1360. The molecule has 2 amide bonds. The van der Waals surface area contributed by atoms with Crippen molar-refractivity contribution in [2.24, 2.45) is 5.73 Å². The summed E-state index contributed by atoms with van der Waals surface area (Å²) in [5, 5.41) is 6.96. The summed E-state index contributed by atoms with van der Waals surface area (Å²) in [6, 6.07) is 6.22. The van der Waals surface area contributed by atoms with Crippen LogP contribution in [0.4, 0.5) is 5.69 Å². The molecule has 0 spiro atoms. The van der Waals surface area contributed by atoms with E-state index < -0.39 is 15.9 Å². The Hall–Kier alpha value is -3.35. The number of carbonyl (C=O) groups excluding carboxylic acids is 2. The van der Waals surface area contributed by atoms with Crippen molar-refractivity contribution in [1.82, 2.24) is 18.9 Å². The summed E-state index contributed by atoms with van der Waals surface area (Å²) in [7, 11) is -3.66. The molecule has 1 aliphatic heterocycles. The average Bonchev–Trinajstić information content (AvgIpc) is 3.24. The van der Waals surface area contributed by atoms with Crippen molar-refractivity contribution >= 4 is 33.2 Å². The number of hydrogen-bond donors (Lipinski definition) is 2. The molecule has 3 heterocycles. The molecule has 3 aromatic rings. The van der Waals surface area contributed by atoms with E-state index in [-0.39, 0.29) is 22.8 Å². The molecule has 1 aromatic carbocycles. The van der Waals surface area contributed by atoms with Crippen molar-refractivity contribution in [2.75, 3.05) is 31.6 Å². The van der Waals surface area contributed by atoms with Crippen LogP contribution in [-0.2, 0) is 26.0 Å². The first kappa shape index (κ1) is 23.8. The van der Waals surface area contributed by atoms with Crippen LogP contribution in [0.5, 0.6) is 0 Å². The molecule has 2 aromatic heterocycles. The molecule has 1 saturated heterocycles. The number of hydrogen-bond acceptors (Lipinski definition) is 7. The van der Waals surface area contributed by atoms with E-state index in [9.17, 15) is 18.0 Å². The lowest BCUT2D eigenvalue weighted by molar-refractivity contribution is -0.116. The molecule has 0 radical (unpaired) electrons. The van der Waals surface area contributed by atoms with Gasteiger partial charge in [-0.05, 0) is 44.0 Å². The smallest absolute Gasteiger partial charge is 0.254 e. The number of rotatable bonds is 7. The fraction of sp³-hybridized carbons (Fsp3) is 0.364. The maximum Gasteiger partial charge on any atom is 0.254 e. The highest BCUT2D eigenvalue weighted by atomic mass is 32.2. The summed E-state index contributed by atoms with van der Waals surface area (Å²) in [5.74, 6) is -0.871. The van der Waals surface area contributed by atoms with Crippen LogP contribution in [0.3, 0.4) is 0 Å². The lowest BCUT2D eigenvalue weighted by Gasteiger charge is -2.26. The lowest BCUT2D eigenvalue weighted by atomic mass is 10.1. The molecule has 1 fully saturated rings. The van der Waals surface area contributed by atoms with E-state index in [1.165, 1.54) is 22.6 Å². The molecule has 0 saturated carbocycles. The zero-order chi connectivity index (χ0) is 24.5. The zero-order valence-electron chi connectivity index (χ0n) is 18.9. The van der Waals surface area contributed by atoms with Crippen LogP contribution in [0, 0.1) is 13.8 Å². The second-order valence-corrected chi connectivity index (χ2v) is 9.95. The molecule has 12 heteroatoms. The van der Waals surface area contributed by atoms with Gasteiger partial charge in [0.05, 0.1) is 24.3 Å². The third-order valence-corrected chi connectivity index (χ3v) is 7.70. The third kappa shape index (κ3) is 4.65. The van der Waals surface area contributed by atoms with Crippen molar-refractivity contribution in [3.63, 3.8) is 0 Å². The van der Waals surface area contributed by atoms with Gasteiger partial charge < -0.3 is 15.8 Å². The van der Waals surface area contributed by atoms with Crippen LogP contribution in [0.2, 0.25) is 0 Å². The van der Waals surface area contributed by atoms with Gasteiger partial charge in [-0.25, -0.2) is 17.9 Å². The fourth-order valence-electron chi connectivity index (χ4n) is 3.98. The van der Waals surface area contributed by atoms with Crippen LogP contribution >= 0.6 is 0 Å². The van der Waals surface area contributed by atoms with Crippen molar-refractivity contribution in [3.8, 4) is 0 Å². The number of sulfonamides is 1. The van der Waals surface area contributed by atoms with Gasteiger partial charge in [0, 0.05) is 36.6 Å². The Kier molecular flexibility index (Phi) is 6.64. The SMILES string of the molecule is Cc1nc2c(C(N)=O)cnn2c(C)c1CCC(=O)Nc1cccc(S(=O)(=O)N2CCOCC2)c1. The van der Waals surface area contributed by atoms with Gasteiger partial charge >= 0.3 is 0 Å². The number of nitrogens with zero attached hydrogens (tertiary/aromatic N) is 4. The van der Waals surface area contributed by atoms with E-state index >= 15 is 0 Å². The number of amides is 2. The molecular weight excluding hydrogens is 460 g/mol. The Labute approximate surface area is 197 Å². The Morgan fingerprint density at radius 2 is 1.94 bits per heavy atom. The molecule has 0 atom stereocenters. The summed E-state index contributed by atoms with van der Waals surface area (Å²) in [6.45, 7) is 4.96. The molecule has 3 N–H and O–H groups in total. The van der Waals surface area contributed by atoms with Crippen LogP contribution < -0.4 is 11.1 Å². The molecule has 11 nitrogen and oxygen atoms in total. The van der Waals surface area contributed by atoms with Crippen molar-refractivity contribution in [3.05, 3.63) is 53.0 Å². The quantitative estimate of drug-likeness (QED) is 0.507. The fourth-order valence-corrected chi connectivity index (χ4v) is 5.43. The molecule has 0 aliphatic carbocycles. The van der Waals surface area contributed by atoms with Crippen molar-refractivity contribution < 1.29 is 22.7 Å². The third-order valence-electron chi connectivity index (χ3n) is 5.80. The number of nitrogens with one attached hydrogen (secondary N) is 1. The molecule has 180 valence electrons. The van der Waals surface area contributed by atoms with Crippen molar-refractivity contribution in [2.45, 2.75) is 31.6 Å². The van der Waals surface area contributed by atoms with Gasteiger partial charge in [-0.1, -0.05) is 6.07 Å². The van der Waals surface area contributed by atoms with Gasteiger partial charge in [0.1, 0.15) is 5.56 Å². The Morgan fingerprint density at radius 3 is 2.65 bits per heavy atom. The van der Waals surface area contributed by atoms with Gasteiger partial charge in [-0.2, -0.15) is 9.40 Å². The Balaban J connectivity index is 1.46. The minimum atomic E-state index is -3.66. The predicted molar refractivity (Wildman–Crippen MR) is 124 cm³/mol. The maximum atomic E-state index is 12.9. The first-order valence-electron chi connectivity index (χ1n) is 10.8. The van der Waals surface area contributed by atoms with Crippen molar-refractivity contribution in [1.29, 1.82) is 0 Å². The van der Waals surface area contributed by atoms with E-state index in [1.54, 1.807) is 23.6 Å². The molecule has 34 heavy (non-hydrogen) atoms. The number of fused-ring (bicyclic) bond motifs is 1. The highest BCUT2D eigenvalue weighted by molar-refractivity contribution is 7.89. The number of nitrogens with two attached hydrogens (primary N) is 1. The highest BCUT2D eigenvalue weighted by Crippen LogP contribution is 2.22.